The predicted octanol–water partition coefficient (Wildman–Crippen LogP) is 4.00. The Morgan fingerprint density at radius 3 is 2.80 bits per heavy atom. The molecule has 0 amide bonds. The monoisotopic (exact) mass is 330 g/mol. The Morgan fingerprint density at radius 2 is 2.10 bits per heavy atom. The van der Waals surface area contributed by atoms with Crippen LogP contribution in [-0.4, -0.2) is 21.0 Å². The van der Waals surface area contributed by atoms with E-state index < -0.39 is 5.97 Å². The van der Waals surface area contributed by atoms with Crippen LogP contribution < -0.4 is 0 Å². The molecule has 4 nitrogen and oxygen atoms in total. The number of nitrogens with zero attached hydrogens (tertiary/aromatic N) is 1. The highest BCUT2D eigenvalue weighted by Crippen LogP contribution is 2.27. The Balaban J connectivity index is 2.23. The molecule has 2 N–H and O–H groups in total. The zero-order valence-electron chi connectivity index (χ0n) is 10.6. The minimum atomic E-state index is -0.971. The van der Waals surface area contributed by atoms with Crippen molar-refractivity contribution in [2.75, 3.05) is 0 Å². The molecule has 100 valence electrons. The standard InChI is InChI=1S/C15H11BrN2O2/c1-8-7-9(16)5-6-10(8)14-17-12-4-2-3-11(15(19)20)13(12)18-14/h2-7H,1H3,(H,17,18)(H,19,20). The van der Waals surface area contributed by atoms with Crippen molar-refractivity contribution in [3.63, 3.8) is 0 Å². The maximum atomic E-state index is 11.2. The largest absolute Gasteiger partial charge is 0.478 e. The molecule has 0 bridgehead atoms. The highest BCUT2D eigenvalue weighted by Gasteiger charge is 2.14. The van der Waals surface area contributed by atoms with Crippen molar-refractivity contribution in [1.82, 2.24) is 9.97 Å². The number of fused-ring (bicyclic) bond motifs is 1. The van der Waals surface area contributed by atoms with Crippen LogP contribution >= 0.6 is 15.9 Å². The number of aromatic nitrogens is 2. The molecule has 0 saturated carbocycles. The van der Waals surface area contributed by atoms with Gasteiger partial charge in [0.2, 0.25) is 0 Å². The summed E-state index contributed by atoms with van der Waals surface area (Å²) in [4.78, 5) is 18.8. The molecule has 1 aromatic heterocycles. The zero-order valence-corrected chi connectivity index (χ0v) is 12.2. The number of rotatable bonds is 2. The van der Waals surface area contributed by atoms with Crippen molar-refractivity contribution in [3.05, 3.63) is 52.0 Å². The molecule has 2 aromatic carbocycles. The number of hydrogen-bond donors (Lipinski definition) is 2. The van der Waals surface area contributed by atoms with Gasteiger partial charge in [-0.25, -0.2) is 9.78 Å². The second-order valence-electron chi connectivity index (χ2n) is 4.55. The number of para-hydroxylation sites is 1. The van der Waals surface area contributed by atoms with Crippen molar-refractivity contribution in [3.8, 4) is 11.4 Å². The molecular weight excluding hydrogens is 320 g/mol. The highest BCUT2D eigenvalue weighted by atomic mass is 79.9. The summed E-state index contributed by atoms with van der Waals surface area (Å²) in [5.74, 6) is -0.292. The first kappa shape index (κ1) is 12.9. The number of carboxylic acids is 1. The summed E-state index contributed by atoms with van der Waals surface area (Å²) in [5, 5.41) is 9.19. The van der Waals surface area contributed by atoms with E-state index in [0.717, 1.165) is 21.1 Å². The van der Waals surface area contributed by atoms with E-state index in [1.807, 2.05) is 31.2 Å². The minimum absolute atomic E-state index is 0.208. The number of imidazole rings is 1. The lowest BCUT2D eigenvalue weighted by Crippen LogP contribution is -1.96. The number of aromatic carboxylic acids is 1. The van der Waals surface area contributed by atoms with Gasteiger partial charge in [-0.1, -0.05) is 22.0 Å². The van der Waals surface area contributed by atoms with Crippen LogP contribution in [0.2, 0.25) is 0 Å². The van der Waals surface area contributed by atoms with Gasteiger partial charge in [0.15, 0.2) is 0 Å². The lowest BCUT2D eigenvalue weighted by atomic mass is 10.1. The third-order valence-electron chi connectivity index (χ3n) is 3.19. The van der Waals surface area contributed by atoms with Gasteiger partial charge in [0, 0.05) is 10.0 Å². The van der Waals surface area contributed by atoms with Crippen molar-refractivity contribution in [2.45, 2.75) is 6.92 Å². The van der Waals surface area contributed by atoms with Crippen molar-refractivity contribution in [1.29, 1.82) is 0 Å². The van der Waals surface area contributed by atoms with Crippen LogP contribution in [0.1, 0.15) is 15.9 Å². The van der Waals surface area contributed by atoms with Gasteiger partial charge in [-0.2, -0.15) is 0 Å². The molecule has 0 aliphatic rings. The van der Waals surface area contributed by atoms with Gasteiger partial charge in [0.25, 0.3) is 0 Å². The van der Waals surface area contributed by atoms with Gasteiger partial charge >= 0.3 is 5.97 Å². The quantitative estimate of drug-likeness (QED) is 0.746. The van der Waals surface area contributed by atoms with E-state index >= 15 is 0 Å². The Labute approximate surface area is 123 Å². The van der Waals surface area contributed by atoms with Gasteiger partial charge in [-0.15, -0.1) is 0 Å². The van der Waals surface area contributed by atoms with E-state index in [9.17, 15) is 9.90 Å². The second-order valence-corrected chi connectivity index (χ2v) is 5.47. The number of carbonyl (C=O) groups is 1. The molecule has 0 unspecified atom stereocenters. The molecule has 0 spiro atoms. The van der Waals surface area contributed by atoms with Crippen LogP contribution in [0, 0.1) is 6.92 Å². The second kappa shape index (κ2) is 4.76. The number of aromatic amines is 1. The SMILES string of the molecule is Cc1cc(Br)ccc1-c1nc2c(C(=O)O)cccc2[nH]1. The zero-order chi connectivity index (χ0) is 14.3. The van der Waals surface area contributed by atoms with Gasteiger partial charge in [0.05, 0.1) is 11.1 Å². The number of aryl methyl sites for hydroxylation is 1. The van der Waals surface area contributed by atoms with Crippen LogP contribution in [-0.2, 0) is 0 Å². The summed E-state index contributed by atoms with van der Waals surface area (Å²) in [6.45, 7) is 1.99. The number of halogens is 1. The Kier molecular flexibility index (Phi) is 3.06. The average molecular weight is 331 g/mol. The first-order chi connectivity index (χ1) is 9.56. The molecule has 0 radical (unpaired) electrons. The molecule has 3 rings (SSSR count). The molecule has 20 heavy (non-hydrogen) atoms. The molecule has 0 atom stereocenters. The lowest BCUT2D eigenvalue weighted by molar-refractivity contribution is 0.0699. The summed E-state index contributed by atoms with van der Waals surface area (Å²) >= 11 is 3.43. The topological polar surface area (TPSA) is 66.0 Å². The average Bonchev–Trinajstić information content (AvgIpc) is 2.81. The van der Waals surface area contributed by atoms with Crippen molar-refractivity contribution >= 4 is 32.9 Å². The summed E-state index contributed by atoms with van der Waals surface area (Å²) in [7, 11) is 0. The van der Waals surface area contributed by atoms with E-state index in [-0.39, 0.29) is 5.56 Å². The molecule has 0 aliphatic carbocycles. The predicted molar refractivity (Wildman–Crippen MR) is 80.9 cm³/mol. The molecule has 5 heteroatoms. The number of hydrogen-bond acceptors (Lipinski definition) is 2. The molecular formula is C15H11BrN2O2. The smallest absolute Gasteiger partial charge is 0.337 e. The van der Waals surface area contributed by atoms with Gasteiger partial charge in [0.1, 0.15) is 11.3 Å². The van der Waals surface area contributed by atoms with Gasteiger partial charge in [-0.3, -0.25) is 0 Å². The minimum Gasteiger partial charge on any atom is -0.478 e. The number of nitrogens with one attached hydrogen (secondary N) is 1. The first-order valence-electron chi connectivity index (χ1n) is 6.05. The fraction of sp³-hybridized carbons (Fsp3) is 0.0667. The van der Waals surface area contributed by atoms with Gasteiger partial charge in [-0.05, 0) is 42.8 Å². The van der Waals surface area contributed by atoms with Crippen molar-refractivity contribution in [2.24, 2.45) is 0 Å². The summed E-state index contributed by atoms with van der Waals surface area (Å²) in [6.07, 6.45) is 0. The van der Waals surface area contributed by atoms with Crippen LogP contribution in [0.5, 0.6) is 0 Å². The van der Waals surface area contributed by atoms with Crippen LogP contribution in [0.15, 0.2) is 40.9 Å². The maximum Gasteiger partial charge on any atom is 0.337 e. The highest BCUT2D eigenvalue weighted by molar-refractivity contribution is 9.10. The normalized spacial score (nSPS) is 10.9. The third kappa shape index (κ3) is 2.10. The first-order valence-corrected chi connectivity index (χ1v) is 6.84. The summed E-state index contributed by atoms with van der Waals surface area (Å²) in [6, 6.07) is 11.0. The number of carboxylic acid groups (broad SMARTS) is 1. The van der Waals surface area contributed by atoms with E-state index in [0.29, 0.717) is 11.3 Å². The fourth-order valence-corrected chi connectivity index (χ4v) is 2.70. The Bertz CT molecular complexity index is 824. The van der Waals surface area contributed by atoms with E-state index in [1.54, 1.807) is 12.1 Å². The maximum absolute atomic E-state index is 11.2. The van der Waals surface area contributed by atoms with Crippen molar-refractivity contribution < 1.29 is 9.90 Å². The molecule has 0 fully saturated rings. The molecule has 3 aromatic rings. The summed E-state index contributed by atoms with van der Waals surface area (Å²) < 4.78 is 1.00. The number of H-pyrrole nitrogens is 1. The van der Waals surface area contributed by atoms with Crippen LogP contribution in [0.3, 0.4) is 0 Å². The summed E-state index contributed by atoms with van der Waals surface area (Å²) in [5.41, 5.74) is 3.44. The molecule has 0 aliphatic heterocycles. The van der Waals surface area contributed by atoms with Crippen LogP contribution in [0.4, 0.5) is 0 Å². The fourth-order valence-electron chi connectivity index (χ4n) is 2.23. The lowest BCUT2D eigenvalue weighted by Gasteiger charge is -2.02. The number of benzene rings is 2. The van der Waals surface area contributed by atoms with E-state index in [1.165, 1.54) is 0 Å². The third-order valence-corrected chi connectivity index (χ3v) is 3.68. The van der Waals surface area contributed by atoms with E-state index in [4.69, 9.17) is 0 Å². The van der Waals surface area contributed by atoms with Crippen LogP contribution in [0.25, 0.3) is 22.4 Å². The van der Waals surface area contributed by atoms with E-state index in [2.05, 4.69) is 25.9 Å². The molecule has 0 saturated heterocycles. The Morgan fingerprint density at radius 1 is 1.30 bits per heavy atom. The molecule has 1 heterocycles. The Hall–Kier alpha value is -2.14. The van der Waals surface area contributed by atoms with Gasteiger partial charge < -0.3 is 10.1 Å².